The van der Waals surface area contributed by atoms with Gasteiger partial charge >= 0.3 is 5.97 Å². The number of carbonyl (C=O) groups excluding carboxylic acids is 1. The van der Waals surface area contributed by atoms with Gasteiger partial charge in [-0.15, -0.1) is 0 Å². The Kier molecular flexibility index (Phi) is 4.16. The van der Waals surface area contributed by atoms with E-state index in [1.54, 1.807) is 18.2 Å². The average molecular weight is 347 g/mol. The molecule has 1 saturated carbocycles. The number of hydrogen-bond acceptors (Lipinski definition) is 2. The van der Waals surface area contributed by atoms with Gasteiger partial charge in [-0.05, 0) is 47.0 Å². The molecule has 1 aromatic rings. The van der Waals surface area contributed by atoms with Gasteiger partial charge in [-0.3, -0.25) is 9.59 Å². The highest BCUT2D eigenvalue weighted by Crippen LogP contribution is 2.40. The molecule has 2 N–H and O–H groups in total. The number of carboxylic acid groups (broad SMARTS) is 1. The number of hydrogen-bond donors (Lipinski definition) is 2. The van der Waals surface area contributed by atoms with Gasteiger partial charge in [-0.2, -0.15) is 0 Å². The zero-order valence-electron chi connectivity index (χ0n) is 10.1. The van der Waals surface area contributed by atoms with Crippen LogP contribution in [0.5, 0.6) is 0 Å². The Morgan fingerprint density at radius 3 is 2.58 bits per heavy atom. The van der Waals surface area contributed by atoms with Crippen LogP contribution >= 0.6 is 27.5 Å². The van der Waals surface area contributed by atoms with Crippen molar-refractivity contribution in [3.8, 4) is 0 Å². The van der Waals surface area contributed by atoms with Crippen LogP contribution < -0.4 is 5.32 Å². The quantitative estimate of drug-likeness (QED) is 0.880. The fourth-order valence-corrected chi connectivity index (χ4v) is 2.56. The summed E-state index contributed by atoms with van der Waals surface area (Å²) in [6.07, 6.45) is 2.13. The number of aliphatic carboxylic acids is 1. The minimum absolute atomic E-state index is 0.168. The van der Waals surface area contributed by atoms with E-state index in [2.05, 4.69) is 21.2 Å². The first kappa shape index (κ1) is 14.3. The number of amides is 1. The maximum Gasteiger partial charge on any atom is 0.311 e. The van der Waals surface area contributed by atoms with Crippen LogP contribution in [0, 0.1) is 5.41 Å². The van der Waals surface area contributed by atoms with Crippen LogP contribution in [0.2, 0.25) is 5.02 Å². The fourth-order valence-electron chi connectivity index (χ4n) is 2.06. The normalized spacial score (nSPS) is 16.5. The van der Waals surface area contributed by atoms with E-state index in [4.69, 9.17) is 11.6 Å². The van der Waals surface area contributed by atoms with Crippen molar-refractivity contribution in [3.05, 3.63) is 33.3 Å². The van der Waals surface area contributed by atoms with Gasteiger partial charge in [0.05, 0.1) is 10.4 Å². The summed E-state index contributed by atoms with van der Waals surface area (Å²) in [5.74, 6) is -1.12. The Labute approximate surface area is 124 Å². The smallest absolute Gasteiger partial charge is 0.311 e. The molecule has 0 heterocycles. The van der Waals surface area contributed by atoms with Gasteiger partial charge in [0.25, 0.3) is 5.91 Å². The molecule has 0 spiro atoms. The lowest BCUT2D eigenvalue weighted by Crippen LogP contribution is -2.47. The van der Waals surface area contributed by atoms with E-state index < -0.39 is 11.4 Å². The SMILES string of the molecule is O=C(NCC1(C(=O)O)CCC1)c1ccc(Cl)c(Br)c1. The van der Waals surface area contributed by atoms with Crippen molar-refractivity contribution in [3.63, 3.8) is 0 Å². The van der Waals surface area contributed by atoms with E-state index in [1.165, 1.54) is 0 Å². The van der Waals surface area contributed by atoms with Crippen molar-refractivity contribution in [1.82, 2.24) is 5.32 Å². The second kappa shape index (κ2) is 5.51. The molecule has 1 aromatic carbocycles. The topological polar surface area (TPSA) is 66.4 Å². The van der Waals surface area contributed by atoms with Crippen LogP contribution in [0.25, 0.3) is 0 Å². The monoisotopic (exact) mass is 345 g/mol. The molecule has 0 atom stereocenters. The Balaban J connectivity index is 2.01. The van der Waals surface area contributed by atoms with E-state index in [1.807, 2.05) is 0 Å². The number of carboxylic acids is 1. The second-order valence-corrected chi connectivity index (χ2v) is 6.01. The number of nitrogens with one attached hydrogen (secondary N) is 1. The number of rotatable bonds is 4. The highest BCUT2D eigenvalue weighted by atomic mass is 79.9. The van der Waals surface area contributed by atoms with Crippen LogP contribution in [-0.4, -0.2) is 23.5 Å². The molecule has 0 aliphatic heterocycles. The molecule has 0 radical (unpaired) electrons. The first-order valence-corrected chi connectivity index (χ1v) is 7.08. The van der Waals surface area contributed by atoms with Crippen molar-refractivity contribution >= 4 is 39.4 Å². The van der Waals surface area contributed by atoms with Crippen molar-refractivity contribution < 1.29 is 14.7 Å². The number of benzene rings is 1. The number of halogens is 2. The molecule has 6 heteroatoms. The van der Waals surface area contributed by atoms with Gasteiger partial charge in [-0.25, -0.2) is 0 Å². The fraction of sp³-hybridized carbons (Fsp3) is 0.385. The van der Waals surface area contributed by atoms with Crippen LogP contribution in [0.4, 0.5) is 0 Å². The predicted molar refractivity (Wildman–Crippen MR) is 75.4 cm³/mol. The zero-order valence-corrected chi connectivity index (χ0v) is 12.4. The second-order valence-electron chi connectivity index (χ2n) is 4.75. The third-order valence-electron chi connectivity index (χ3n) is 3.53. The summed E-state index contributed by atoms with van der Waals surface area (Å²) in [7, 11) is 0. The Bertz CT molecular complexity index is 529. The molecule has 1 aliphatic rings. The van der Waals surface area contributed by atoms with E-state index in [0.717, 1.165) is 6.42 Å². The van der Waals surface area contributed by atoms with Crippen LogP contribution in [0.15, 0.2) is 22.7 Å². The minimum Gasteiger partial charge on any atom is -0.481 e. The molecular formula is C13H13BrClNO3. The van der Waals surface area contributed by atoms with E-state index >= 15 is 0 Å². The van der Waals surface area contributed by atoms with Gasteiger partial charge in [-0.1, -0.05) is 18.0 Å². The van der Waals surface area contributed by atoms with Crippen molar-refractivity contribution in [2.75, 3.05) is 6.54 Å². The summed E-state index contributed by atoms with van der Waals surface area (Å²) in [5.41, 5.74) is -0.324. The predicted octanol–water partition coefficient (Wildman–Crippen LogP) is 3.09. The van der Waals surface area contributed by atoms with Crippen LogP contribution in [-0.2, 0) is 4.79 Å². The molecule has 0 bridgehead atoms. The first-order valence-electron chi connectivity index (χ1n) is 5.91. The molecule has 2 rings (SSSR count). The van der Waals surface area contributed by atoms with E-state index in [0.29, 0.717) is 27.9 Å². The van der Waals surface area contributed by atoms with Crippen molar-refractivity contribution in [1.29, 1.82) is 0 Å². The van der Waals surface area contributed by atoms with Gasteiger partial charge in [0, 0.05) is 16.6 Å². The lowest BCUT2D eigenvalue weighted by atomic mass is 9.69. The maximum absolute atomic E-state index is 11.9. The Hall–Kier alpha value is -1.07. The van der Waals surface area contributed by atoms with Gasteiger partial charge in [0.2, 0.25) is 0 Å². The molecule has 4 nitrogen and oxygen atoms in total. The summed E-state index contributed by atoms with van der Waals surface area (Å²) in [6, 6.07) is 4.85. The van der Waals surface area contributed by atoms with Crippen molar-refractivity contribution in [2.45, 2.75) is 19.3 Å². The highest BCUT2D eigenvalue weighted by molar-refractivity contribution is 9.10. The highest BCUT2D eigenvalue weighted by Gasteiger charge is 2.44. The molecular weight excluding hydrogens is 334 g/mol. The van der Waals surface area contributed by atoms with Crippen LogP contribution in [0.1, 0.15) is 29.6 Å². The largest absolute Gasteiger partial charge is 0.481 e. The number of carbonyl (C=O) groups is 2. The molecule has 19 heavy (non-hydrogen) atoms. The Morgan fingerprint density at radius 2 is 2.11 bits per heavy atom. The summed E-state index contributed by atoms with van der Waals surface area (Å²) in [6.45, 7) is 0.168. The summed E-state index contributed by atoms with van der Waals surface area (Å²) in [4.78, 5) is 23.1. The van der Waals surface area contributed by atoms with Gasteiger partial charge < -0.3 is 10.4 Å². The van der Waals surface area contributed by atoms with Gasteiger partial charge in [0.1, 0.15) is 0 Å². The lowest BCUT2D eigenvalue weighted by molar-refractivity contribution is -0.153. The average Bonchev–Trinajstić information content (AvgIpc) is 2.30. The standard InChI is InChI=1S/C13H13BrClNO3/c14-9-6-8(2-3-10(9)15)11(17)16-7-13(12(18)19)4-1-5-13/h2-3,6H,1,4-5,7H2,(H,16,17)(H,18,19). The summed E-state index contributed by atoms with van der Waals surface area (Å²) in [5, 5.41) is 12.4. The molecule has 0 aromatic heterocycles. The maximum atomic E-state index is 11.9. The molecule has 0 saturated heterocycles. The minimum atomic E-state index is -0.837. The summed E-state index contributed by atoms with van der Waals surface area (Å²) >= 11 is 9.10. The molecule has 1 amide bonds. The molecule has 1 fully saturated rings. The first-order chi connectivity index (χ1) is 8.94. The van der Waals surface area contributed by atoms with E-state index in [-0.39, 0.29) is 12.5 Å². The zero-order chi connectivity index (χ0) is 14.0. The third-order valence-corrected chi connectivity index (χ3v) is 4.75. The van der Waals surface area contributed by atoms with Gasteiger partial charge in [0.15, 0.2) is 0 Å². The third kappa shape index (κ3) is 2.92. The van der Waals surface area contributed by atoms with Crippen LogP contribution in [0.3, 0.4) is 0 Å². The van der Waals surface area contributed by atoms with Crippen molar-refractivity contribution in [2.24, 2.45) is 5.41 Å². The van der Waals surface area contributed by atoms with E-state index in [9.17, 15) is 14.7 Å². The molecule has 102 valence electrons. The Morgan fingerprint density at radius 1 is 1.42 bits per heavy atom. The lowest BCUT2D eigenvalue weighted by Gasteiger charge is -2.37. The molecule has 0 unspecified atom stereocenters. The summed E-state index contributed by atoms with van der Waals surface area (Å²) < 4.78 is 0.637. The molecule has 1 aliphatic carbocycles.